The van der Waals surface area contributed by atoms with Crippen molar-refractivity contribution in [3.63, 3.8) is 0 Å². The molecule has 0 aliphatic carbocycles. The third-order valence-electron chi connectivity index (χ3n) is 2.50. The maximum Gasteiger partial charge on any atom is 0.237 e. The molecular formula is C10H21ClN6O. The van der Waals surface area contributed by atoms with Crippen LogP contribution in [0.3, 0.4) is 0 Å². The molecule has 0 aromatic carbocycles. The summed E-state index contributed by atoms with van der Waals surface area (Å²) in [6.07, 6.45) is 3.25. The van der Waals surface area contributed by atoms with Gasteiger partial charge in [0.1, 0.15) is 0 Å². The molecule has 4 N–H and O–H groups in total. The number of aromatic nitrogens is 4. The highest BCUT2D eigenvalue weighted by Crippen LogP contribution is 2.13. The van der Waals surface area contributed by atoms with Gasteiger partial charge in [0, 0.05) is 0 Å². The highest BCUT2D eigenvalue weighted by molar-refractivity contribution is 5.85. The van der Waals surface area contributed by atoms with E-state index in [2.05, 4.69) is 25.9 Å². The molecule has 0 fully saturated rings. The third kappa shape index (κ3) is 4.97. The molecule has 0 bridgehead atoms. The molecule has 0 saturated heterocycles. The second kappa shape index (κ2) is 8.82. The smallest absolute Gasteiger partial charge is 0.237 e. The van der Waals surface area contributed by atoms with Crippen LogP contribution in [0, 0.1) is 0 Å². The van der Waals surface area contributed by atoms with Crippen molar-refractivity contribution in [2.45, 2.75) is 51.6 Å². The number of nitrogens with one attached hydrogen (secondary N) is 2. The van der Waals surface area contributed by atoms with E-state index in [0.29, 0.717) is 12.2 Å². The molecule has 0 spiro atoms. The lowest BCUT2D eigenvalue weighted by atomic mass is 10.1. The Hall–Kier alpha value is -1.21. The minimum absolute atomic E-state index is 0. The van der Waals surface area contributed by atoms with Gasteiger partial charge >= 0.3 is 0 Å². The van der Waals surface area contributed by atoms with E-state index in [1.165, 1.54) is 0 Å². The van der Waals surface area contributed by atoms with Gasteiger partial charge in [-0.25, -0.2) is 0 Å². The summed E-state index contributed by atoms with van der Waals surface area (Å²) in [5.41, 5.74) is 5.75. The van der Waals surface area contributed by atoms with Gasteiger partial charge in [-0.05, 0) is 12.8 Å². The van der Waals surface area contributed by atoms with Crippen LogP contribution in [0.25, 0.3) is 0 Å². The molecule has 104 valence electrons. The predicted molar refractivity (Wildman–Crippen MR) is 70.1 cm³/mol. The maximum absolute atomic E-state index is 11.8. The zero-order valence-electron chi connectivity index (χ0n) is 10.7. The molecular weight excluding hydrogens is 256 g/mol. The zero-order valence-corrected chi connectivity index (χ0v) is 11.5. The van der Waals surface area contributed by atoms with Crippen LogP contribution in [0.5, 0.6) is 0 Å². The molecule has 2 unspecified atom stereocenters. The van der Waals surface area contributed by atoms with Crippen LogP contribution >= 0.6 is 12.4 Å². The summed E-state index contributed by atoms with van der Waals surface area (Å²) in [4.78, 5) is 11.8. The molecule has 1 aromatic heterocycles. The fraction of sp³-hybridized carbons (Fsp3) is 0.800. The van der Waals surface area contributed by atoms with Crippen molar-refractivity contribution < 1.29 is 4.79 Å². The van der Waals surface area contributed by atoms with Gasteiger partial charge in [-0.15, -0.1) is 22.6 Å². The van der Waals surface area contributed by atoms with Crippen LogP contribution in [-0.4, -0.2) is 32.6 Å². The van der Waals surface area contributed by atoms with Gasteiger partial charge in [0.15, 0.2) is 5.82 Å². The average molecular weight is 277 g/mol. The van der Waals surface area contributed by atoms with Gasteiger partial charge < -0.3 is 11.1 Å². The van der Waals surface area contributed by atoms with E-state index >= 15 is 0 Å². The Labute approximate surface area is 113 Å². The summed E-state index contributed by atoms with van der Waals surface area (Å²) < 4.78 is 0. The van der Waals surface area contributed by atoms with E-state index in [-0.39, 0.29) is 24.4 Å². The predicted octanol–water partition coefficient (Wildman–Crippen LogP) is 0.706. The van der Waals surface area contributed by atoms with Crippen LogP contribution in [-0.2, 0) is 4.79 Å². The monoisotopic (exact) mass is 276 g/mol. The Balaban J connectivity index is 0.00000289. The molecule has 1 rings (SSSR count). The molecule has 0 aliphatic rings. The summed E-state index contributed by atoms with van der Waals surface area (Å²) in [6, 6.07) is -0.680. The number of hydrogen-bond donors (Lipinski definition) is 3. The van der Waals surface area contributed by atoms with Crippen LogP contribution < -0.4 is 11.1 Å². The van der Waals surface area contributed by atoms with Crippen molar-refractivity contribution >= 4 is 18.3 Å². The Morgan fingerprint density at radius 3 is 2.56 bits per heavy atom. The molecule has 8 heteroatoms. The summed E-state index contributed by atoms with van der Waals surface area (Å²) in [5, 5.41) is 16.5. The summed E-state index contributed by atoms with van der Waals surface area (Å²) in [7, 11) is 0. The lowest BCUT2D eigenvalue weighted by molar-refractivity contribution is -0.123. The van der Waals surface area contributed by atoms with Gasteiger partial charge in [0.05, 0.1) is 12.1 Å². The largest absolute Gasteiger partial charge is 0.345 e. The topological polar surface area (TPSA) is 110 Å². The lowest BCUT2D eigenvalue weighted by Gasteiger charge is -2.17. The number of amides is 1. The van der Waals surface area contributed by atoms with Gasteiger partial charge in [-0.1, -0.05) is 31.9 Å². The Bertz CT molecular complexity index is 331. The number of nitrogens with two attached hydrogens (primary N) is 1. The van der Waals surface area contributed by atoms with E-state index in [0.717, 1.165) is 19.3 Å². The van der Waals surface area contributed by atoms with E-state index in [1.54, 1.807) is 0 Å². The standard InChI is InChI=1S/C10H20N6O.ClH/c1-3-5-7(11)10(17)12-8(6-4-2)9-13-15-16-14-9;/h7-8H,3-6,11H2,1-2H3,(H,12,17)(H,13,14,15,16);1H. The number of halogens is 1. The second-order valence-electron chi connectivity index (χ2n) is 4.02. The van der Waals surface area contributed by atoms with Gasteiger partial charge in [-0.3, -0.25) is 4.79 Å². The van der Waals surface area contributed by atoms with E-state index in [9.17, 15) is 4.79 Å². The molecule has 7 nitrogen and oxygen atoms in total. The fourth-order valence-electron chi connectivity index (χ4n) is 1.59. The van der Waals surface area contributed by atoms with Crippen LogP contribution in [0.4, 0.5) is 0 Å². The lowest BCUT2D eigenvalue weighted by Crippen LogP contribution is -2.42. The van der Waals surface area contributed by atoms with Gasteiger partial charge in [0.25, 0.3) is 0 Å². The fourth-order valence-corrected chi connectivity index (χ4v) is 1.59. The minimum atomic E-state index is -0.466. The Kier molecular flexibility index (Phi) is 8.23. The molecule has 18 heavy (non-hydrogen) atoms. The van der Waals surface area contributed by atoms with Crippen molar-refractivity contribution in [2.75, 3.05) is 0 Å². The normalized spacial score (nSPS) is 13.5. The maximum atomic E-state index is 11.8. The number of rotatable bonds is 7. The number of hydrogen-bond acceptors (Lipinski definition) is 5. The summed E-state index contributed by atoms with van der Waals surface area (Å²) >= 11 is 0. The number of carbonyl (C=O) groups excluding carboxylic acids is 1. The molecule has 1 heterocycles. The first-order valence-electron chi connectivity index (χ1n) is 5.98. The van der Waals surface area contributed by atoms with E-state index < -0.39 is 6.04 Å². The number of tetrazole rings is 1. The minimum Gasteiger partial charge on any atom is -0.345 e. The first-order chi connectivity index (χ1) is 8.19. The highest BCUT2D eigenvalue weighted by atomic mass is 35.5. The molecule has 2 atom stereocenters. The molecule has 0 saturated carbocycles. The Morgan fingerprint density at radius 2 is 2.06 bits per heavy atom. The molecule has 1 aromatic rings. The van der Waals surface area contributed by atoms with Crippen molar-refractivity contribution in [1.29, 1.82) is 0 Å². The molecule has 0 radical (unpaired) electrons. The van der Waals surface area contributed by atoms with Crippen LogP contribution in [0.15, 0.2) is 0 Å². The average Bonchev–Trinajstić information content (AvgIpc) is 2.82. The first-order valence-corrected chi connectivity index (χ1v) is 5.98. The van der Waals surface area contributed by atoms with Crippen molar-refractivity contribution in [3.8, 4) is 0 Å². The van der Waals surface area contributed by atoms with Crippen molar-refractivity contribution in [2.24, 2.45) is 5.73 Å². The van der Waals surface area contributed by atoms with Crippen LogP contribution in [0.1, 0.15) is 51.4 Å². The molecule has 1 amide bonds. The number of H-pyrrole nitrogens is 1. The van der Waals surface area contributed by atoms with Crippen molar-refractivity contribution in [1.82, 2.24) is 25.9 Å². The van der Waals surface area contributed by atoms with Crippen LogP contribution in [0.2, 0.25) is 0 Å². The Morgan fingerprint density at radius 1 is 1.39 bits per heavy atom. The number of nitrogens with zero attached hydrogens (tertiary/aromatic N) is 3. The quantitative estimate of drug-likeness (QED) is 0.679. The number of aromatic amines is 1. The zero-order chi connectivity index (χ0) is 12.7. The third-order valence-corrected chi connectivity index (χ3v) is 2.50. The van der Waals surface area contributed by atoms with E-state index in [1.807, 2.05) is 13.8 Å². The first kappa shape index (κ1) is 16.8. The number of carbonyl (C=O) groups is 1. The van der Waals surface area contributed by atoms with Gasteiger partial charge in [0.2, 0.25) is 5.91 Å². The summed E-state index contributed by atoms with van der Waals surface area (Å²) in [5.74, 6) is 0.346. The summed E-state index contributed by atoms with van der Waals surface area (Å²) in [6.45, 7) is 4.03. The molecule has 0 aliphatic heterocycles. The van der Waals surface area contributed by atoms with Gasteiger partial charge in [-0.2, -0.15) is 5.21 Å². The van der Waals surface area contributed by atoms with Crippen molar-refractivity contribution in [3.05, 3.63) is 5.82 Å². The highest BCUT2D eigenvalue weighted by Gasteiger charge is 2.20. The SMILES string of the molecule is CCCC(N)C(=O)NC(CCC)c1nn[nH]n1.Cl. The second-order valence-corrected chi connectivity index (χ2v) is 4.02. The van der Waals surface area contributed by atoms with E-state index in [4.69, 9.17) is 5.73 Å².